The molecule has 7 unspecified atom stereocenters. The van der Waals surface area contributed by atoms with Crippen molar-refractivity contribution in [2.45, 2.75) is 182 Å². The van der Waals surface area contributed by atoms with Gasteiger partial charge in [0.2, 0.25) is 17.8 Å². The summed E-state index contributed by atoms with van der Waals surface area (Å²) in [7, 11) is -11.8. The molecule has 59 nitrogen and oxygen atoms in total. The Labute approximate surface area is 684 Å². The van der Waals surface area contributed by atoms with Gasteiger partial charge in [0, 0.05) is 26.9 Å². The van der Waals surface area contributed by atoms with Crippen LogP contribution in [0, 0.1) is 20.8 Å². The standard InChI is InChI=1S/C23H32N9O10P.2C19H25N8O12P/c1-5-12-14(7-16(39-12)31-9-25-18-19(31)27-11(2)28-20(18)33)42-43(36,37)38-8-15-13(41-23(35)30(3)4)6-17(40-15)32-10-26-21(24)29-22(32)34;1-6-23-14-9(15(32)24-6)21-4-26(14)17-12(31)13(7(2-28)37-17)39-40(34,35)36-3-8-10(29)11(30)16(38-8)27-5-22-18(20)25-19(27)33;1-6-23-14-9(15(32)24-6)21-4-26(14)16-11(30)10(29)8(38-16)3-36-40(34,35)39-13-7(2-28)37-17(12(13)31)27-5-22-18(20)25-19(27)33/h9-10,12-17H,5-8H2,1-4H3,(H,36,37)(H2,24,29,34)(H,27,28,33);2*4-5,7-8,10-13,16-17,28-31H,2-3H2,1H3,(H,34,35)(H2,20,25,33)(H,23,24,32)/t12-,13-,14-,15-,16-,17-;2*7-,8-,10+,11?,12?,13+,16-,17-/m111/s1. The number of carbonyl (C=O) groups excluding carboxylic acids is 1. The van der Waals surface area contributed by atoms with E-state index in [1.165, 1.54) is 61.0 Å². The molecule has 0 radical (unpaired) electrons. The number of anilines is 3. The first-order valence-corrected chi connectivity index (χ1v) is 41.1. The quantitative estimate of drug-likeness (QED) is 0.0236. The van der Waals surface area contributed by atoms with Crippen molar-refractivity contribution < 1.29 is 134 Å². The van der Waals surface area contributed by atoms with E-state index in [0.717, 1.165) is 32.7 Å². The molecule has 25 atom stereocenters. The van der Waals surface area contributed by atoms with E-state index < -0.39 is 231 Å². The third-order valence-electron chi connectivity index (χ3n) is 19.6. The molecule has 62 heteroatoms. The largest absolute Gasteiger partial charge is 0.472 e. The number of hydrogen-bond donors (Lipinski definition) is 17. The van der Waals surface area contributed by atoms with E-state index in [4.69, 9.17) is 77.5 Å². The number of hydrogen-bond acceptors (Lipinski definition) is 46. The van der Waals surface area contributed by atoms with Crippen molar-refractivity contribution in [3.05, 3.63) is 118 Å². The number of nitrogen functional groups attached to an aromatic ring is 3. The zero-order valence-corrected chi connectivity index (χ0v) is 67.4. The summed E-state index contributed by atoms with van der Waals surface area (Å²) in [4.78, 5) is 171. The molecule has 15 rings (SSSR count). The lowest BCUT2D eigenvalue weighted by atomic mass is 10.1. The van der Waals surface area contributed by atoms with Crippen molar-refractivity contribution in [3.63, 3.8) is 0 Å². The minimum Gasteiger partial charge on any atom is -0.443 e. The number of aliphatic hydroxyl groups excluding tert-OH is 8. The summed E-state index contributed by atoms with van der Waals surface area (Å²) in [5.41, 5.74) is 12.5. The zero-order chi connectivity index (χ0) is 88.9. The minimum absolute atomic E-state index is 0.00262. The highest BCUT2D eigenvalue weighted by Crippen LogP contribution is 2.53. The lowest BCUT2D eigenvalue weighted by Gasteiger charge is -2.23. The van der Waals surface area contributed by atoms with E-state index in [9.17, 15) is 103 Å². The molecule has 6 aliphatic heterocycles. The lowest BCUT2D eigenvalue weighted by Crippen LogP contribution is -2.38. The van der Waals surface area contributed by atoms with Crippen LogP contribution in [0.4, 0.5) is 22.6 Å². The van der Waals surface area contributed by atoms with Gasteiger partial charge < -0.3 is 126 Å². The van der Waals surface area contributed by atoms with E-state index in [0.29, 0.717) is 17.9 Å². The monoisotopic (exact) mass is 1800 g/mol. The second-order valence-corrected chi connectivity index (χ2v) is 32.5. The summed E-state index contributed by atoms with van der Waals surface area (Å²) in [6.07, 6.45) is -22.7. The number of H-pyrrole nitrogens is 3. The molecule has 15 heterocycles. The third-order valence-corrected chi connectivity index (χ3v) is 22.6. The summed E-state index contributed by atoms with van der Waals surface area (Å²) in [6.45, 7) is 2.90. The van der Waals surface area contributed by atoms with Gasteiger partial charge in [0.1, 0.15) is 134 Å². The predicted molar refractivity (Wildman–Crippen MR) is 400 cm³/mol. The summed E-state index contributed by atoms with van der Waals surface area (Å²) in [5.74, 6) is 0.0292. The Morgan fingerprint density at radius 2 is 0.780 bits per heavy atom. The first-order valence-electron chi connectivity index (χ1n) is 36.6. The Bertz CT molecular complexity index is 5890. The first-order chi connectivity index (χ1) is 58.1. The van der Waals surface area contributed by atoms with Crippen molar-refractivity contribution in [1.29, 1.82) is 0 Å². The van der Waals surface area contributed by atoms with Gasteiger partial charge in [-0.1, -0.05) is 6.92 Å². The highest BCUT2D eigenvalue weighted by atomic mass is 31.2. The molecule has 0 saturated carbocycles. The van der Waals surface area contributed by atoms with Crippen LogP contribution in [0.1, 0.15) is 81.0 Å². The van der Waals surface area contributed by atoms with E-state index in [2.05, 4.69) is 74.8 Å². The van der Waals surface area contributed by atoms with Crippen molar-refractivity contribution in [3.8, 4) is 0 Å². The van der Waals surface area contributed by atoms with Crippen molar-refractivity contribution in [2.24, 2.45) is 0 Å². The van der Waals surface area contributed by atoms with Gasteiger partial charge in [-0.2, -0.15) is 15.0 Å². The van der Waals surface area contributed by atoms with Crippen LogP contribution in [0.3, 0.4) is 0 Å². The minimum atomic E-state index is -5.04. The van der Waals surface area contributed by atoms with Crippen LogP contribution in [0.5, 0.6) is 0 Å². The number of nitrogens with one attached hydrogen (secondary N) is 3. The van der Waals surface area contributed by atoms with Crippen LogP contribution in [0.25, 0.3) is 33.5 Å². The van der Waals surface area contributed by atoms with Gasteiger partial charge in [0.05, 0.1) is 64.2 Å². The number of aromatic amines is 3. The second-order valence-electron chi connectivity index (χ2n) is 28.2. The third kappa shape index (κ3) is 19.6. The number of ether oxygens (including phenoxy) is 7. The maximum absolute atomic E-state index is 13.1. The predicted octanol–water partition coefficient (Wildman–Crippen LogP) is -7.72. The van der Waals surface area contributed by atoms with Crippen LogP contribution >= 0.6 is 23.5 Å². The Morgan fingerprint density at radius 1 is 0.447 bits per heavy atom. The van der Waals surface area contributed by atoms with Gasteiger partial charge in [-0.15, -0.1) is 0 Å². The number of rotatable bonds is 25. The van der Waals surface area contributed by atoms with Crippen LogP contribution in [-0.4, -0.2) is 313 Å². The smallest absolute Gasteiger partial charge is 0.443 e. The summed E-state index contributed by atoms with van der Waals surface area (Å²) in [5, 5.41) is 82.6. The number of nitrogens with zero attached hydrogens (tertiary/aromatic N) is 19. The maximum Gasteiger partial charge on any atom is 0.472 e. The van der Waals surface area contributed by atoms with E-state index in [-0.39, 0.29) is 70.2 Å². The number of fused-ring (bicyclic) bond motifs is 3. The summed E-state index contributed by atoms with van der Waals surface area (Å²) in [6, 6.07) is 0. The highest BCUT2D eigenvalue weighted by Gasteiger charge is 2.54. The Morgan fingerprint density at radius 3 is 1.19 bits per heavy atom. The molecule has 9 aromatic heterocycles. The fourth-order valence-corrected chi connectivity index (χ4v) is 16.6. The Kier molecular flexibility index (Phi) is 27.0. The van der Waals surface area contributed by atoms with E-state index in [1.807, 2.05) is 6.92 Å². The molecule has 6 saturated heterocycles. The molecule has 6 fully saturated rings. The molecule has 9 aromatic rings. The molecule has 123 heavy (non-hydrogen) atoms. The number of amides is 1. The topological polar surface area (TPSA) is 826 Å². The zero-order valence-electron chi connectivity index (χ0n) is 64.7. The first kappa shape index (κ1) is 90.6. The molecule has 0 spiro atoms. The Hall–Kier alpha value is -10.1. The van der Waals surface area contributed by atoms with Crippen molar-refractivity contribution in [2.75, 3.05) is 64.3 Å². The molecule has 1 amide bonds. The SMILES string of the molecule is CC[C@H]1O[C@@H](n2cnc3c(=O)[nH]c(C)nc32)C[C@H]1OP(=O)(O)OC[C@H]1O[C@@H](n2cnc(N)nc2=O)C[C@H]1OC(=O)N(C)C.Cc1nc2c(ncn2[C@@H]2O[C@H](CO)[C@H](OP(=O)(O)OC[C@H]3O[C@@H](n4cnc(N)nc4=O)C(O)[C@H]3O)C2O)c(=O)[nH]1.Cc1nc2c(ncn2[C@@H]2O[C@H](COP(=O)(O)O[C@@H]3C(O)[C@H](n4cnc(N)nc4=O)O[C@@H]3CO)[C@H](O)C2O)c(=O)[nH]1. The van der Waals surface area contributed by atoms with E-state index >= 15 is 0 Å². The van der Waals surface area contributed by atoms with Crippen LogP contribution in [-0.2, 0) is 74.0 Å². The summed E-state index contributed by atoms with van der Waals surface area (Å²) >= 11 is 0. The number of aliphatic hydroxyl groups is 8. The normalized spacial score (nSPS) is 30.3. The highest BCUT2D eigenvalue weighted by molar-refractivity contribution is 7.48. The fourth-order valence-electron chi connectivity index (χ4n) is 13.7. The number of phosphoric ester groups is 3. The number of nitrogens with two attached hydrogens (primary N) is 3. The number of phosphoric acid groups is 3. The molecular weight excluding hydrogens is 1720 g/mol. The number of carbonyl (C=O) groups is 1. The van der Waals surface area contributed by atoms with Gasteiger partial charge in [0.25, 0.3) is 16.7 Å². The average molecular weight is 1800 g/mol. The van der Waals surface area contributed by atoms with Crippen LogP contribution in [0.2, 0.25) is 0 Å². The number of aromatic nitrogens is 21. The lowest BCUT2D eigenvalue weighted by molar-refractivity contribution is -0.0613. The molecule has 0 aromatic carbocycles. The summed E-state index contributed by atoms with van der Waals surface area (Å²) < 4.78 is 115. The Balaban J connectivity index is 0.000000159. The molecule has 0 aliphatic carbocycles. The molecule has 670 valence electrons. The van der Waals surface area contributed by atoms with Crippen molar-refractivity contribution >= 4 is 80.9 Å². The van der Waals surface area contributed by atoms with Crippen molar-refractivity contribution in [1.82, 2.24) is 107 Å². The molecule has 20 N–H and O–H groups in total. The average Bonchev–Trinajstić information content (AvgIpc) is 1.62. The van der Waals surface area contributed by atoms with Crippen LogP contribution in [0.15, 0.2) is 66.7 Å². The van der Waals surface area contributed by atoms with Gasteiger partial charge in [-0.05, 0) is 27.2 Å². The van der Waals surface area contributed by atoms with Gasteiger partial charge in [-0.3, -0.25) is 68.9 Å². The molecule has 6 aliphatic rings. The second kappa shape index (κ2) is 36.6. The number of imidazole rings is 3. The fraction of sp³-hybridized carbons (Fsp3) is 0.590. The van der Waals surface area contributed by atoms with Gasteiger partial charge in [-0.25, -0.2) is 77.7 Å². The van der Waals surface area contributed by atoms with E-state index in [1.54, 1.807) is 11.5 Å². The van der Waals surface area contributed by atoms with Crippen LogP contribution < -0.4 is 50.9 Å². The van der Waals surface area contributed by atoms with Gasteiger partial charge in [0.15, 0.2) is 58.4 Å². The number of aryl methyl sites for hydroxylation is 3. The maximum atomic E-state index is 13.1. The van der Waals surface area contributed by atoms with Gasteiger partial charge >= 0.3 is 46.6 Å². The molecular formula is C61H82N25O34P3. The molecule has 0 bridgehead atoms.